The molecule has 0 aliphatic heterocycles. The molecule has 2 heterocycles. The van der Waals surface area contributed by atoms with Gasteiger partial charge in [-0.1, -0.05) is 6.07 Å². The normalized spacial score (nSPS) is 10.6. The quantitative estimate of drug-likeness (QED) is 0.768. The van der Waals surface area contributed by atoms with Crippen molar-refractivity contribution in [3.8, 4) is 6.07 Å². The van der Waals surface area contributed by atoms with Crippen LogP contribution in [0, 0.1) is 18.3 Å². The molecule has 5 heteroatoms. The Hall–Kier alpha value is -2.87. The fraction of sp³-hybridized carbons (Fsp3) is 0.133. The third-order valence-corrected chi connectivity index (χ3v) is 3.33. The van der Waals surface area contributed by atoms with Crippen LogP contribution in [0.1, 0.15) is 16.8 Å². The lowest BCUT2D eigenvalue weighted by molar-refractivity contribution is 0.801. The summed E-state index contributed by atoms with van der Waals surface area (Å²) in [5, 5.41) is 9.01. The van der Waals surface area contributed by atoms with Crippen molar-refractivity contribution < 1.29 is 0 Å². The van der Waals surface area contributed by atoms with Crippen molar-refractivity contribution in [2.75, 3.05) is 5.73 Å². The van der Waals surface area contributed by atoms with Gasteiger partial charge in [-0.25, -0.2) is 4.98 Å². The van der Waals surface area contributed by atoms with Gasteiger partial charge in [-0.2, -0.15) is 5.26 Å². The molecule has 0 aliphatic rings. The Labute approximate surface area is 116 Å². The number of aryl methyl sites for hydroxylation is 1. The van der Waals surface area contributed by atoms with Gasteiger partial charge in [0.2, 0.25) is 5.95 Å². The number of imidazole rings is 1. The smallest absolute Gasteiger partial charge is 0.201 e. The van der Waals surface area contributed by atoms with Crippen LogP contribution >= 0.6 is 0 Å². The van der Waals surface area contributed by atoms with Crippen LogP contribution in [0.2, 0.25) is 0 Å². The second-order valence-corrected chi connectivity index (χ2v) is 4.64. The number of fused-ring (bicyclic) bond motifs is 1. The Morgan fingerprint density at radius 2 is 2.20 bits per heavy atom. The maximum atomic E-state index is 9.01. The van der Waals surface area contributed by atoms with Gasteiger partial charge in [0.15, 0.2) is 0 Å². The molecule has 98 valence electrons. The third kappa shape index (κ3) is 1.97. The third-order valence-electron chi connectivity index (χ3n) is 3.33. The molecule has 0 spiro atoms. The lowest BCUT2D eigenvalue weighted by atomic mass is 10.2. The first kappa shape index (κ1) is 12.2. The number of rotatable bonds is 2. The van der Waals surface area contributed by atoms with Crippen LogP contribution in [0.4, 0.5) is 5.95 Å². The number of pyridine rings is 1. The zero-order valence-corrected chi connectivity index (χ0v) is 11.0. The molecule has 0 saturated heterocycles. The van der Waals surface area contributed by atoms with E-state index < -0.39 is 0 Å². The van der Waals surface area contributed by atoms with E-state index in [1.165, 1.54) is 0 Å². The SMILES string of the molecule is Cc1cccnc1Cn1c(N)nc2ccc(C#N)cc21. The summed E-state index contributed by atoms with van der Waals surface area (Å²) in [5.74, 6) is 0.431. The predicted octanol–water partition coefficient (Wildman–Crippen LogP) is 2.24. The van der Waals surface area contributed by atoms with Crippen LogP contribution in [-0.2, 0) is 6.54 Å². The molecule has 3 rings (SSSR count). The van der Waals surface area contributed by atoms with E-state index in [1.54, 1.807) is 18.3 Å². The molecule has 1 aromatic carbocycles. The first-order chi connectivity index (χ1) is 9.69. The van der Waals surface area contributed by atoms with E-state index in [4.69, 9.17) is 11.0 Å². The number of anilines is 1. The summed E-state index contributed by atoms with van der Waals surface area (Å²) in [6, 6.07) is 11.4. The fourth-order valence-electron chi connectivity index (χ4n) is 2.21. The Bertz CT molecular complexity index is 826. The Kier molecular flexibility index (Phi) is 2.84. The standard InChI is InChI=1S/C15H13N5/c1-10-3-2-6-18-13(10)9-20-14-7-11(8-16)4-5-12(14)19-15(20)17/h2-7H,9H2,1H3,(H2,17,19). The first-order valence-electron chi connectivity index (χ1n) is 6.25. The van der Waals surface area contributed by atoms with Crippen LogP contribution in [0.5, 0.6) is 0 Å². The molecule has 0 saturated carbocycles. The highest BCUT2D eigenvalue weighted by molar-refractivity contribution is 5.80. The van der Waals surface area contributed by atoms with Crippen LogP contribution in [0.3, 0.4) is 0 Å². The van der Waals surface area contributed by atoms with Crippen molar-refractivity contribution in [1.29, 1.82) is 5.26 Å². The van der Waals surface area contributed by atoms with Gasteiger partial charge >= 0.3 is 0 Å². The summed E-state index contributed by atoms with van der Waals surface area (Å²) >= 11 is 0. The summed E-state index contributed by atoms with van der Waals surface area (Å²) in [5.41, 5.74) is 10.3. The van der Waals surface area contributed by atoms with Crippen LogP contribution in [0.25, 0.3) is 11.0 Å². The van der Waals surface area contributed by atoms with Crippen LogP contribution in [-0.4, -0.2) is 14.5 Å². The summed E-state index contributed by atoms with van der Waals surface area (Å²) in [6.07, 6.45) is 1.76. The molecule has 0 atom stereocenters. The second kappa shape index (κ2) is 4.67. The Balaban J connectivity index is 2.14. The van der Waals surface area contributed by atoms with E-state index in [9.17, 15) is 0 Å². The van der Waals surface area contributed by atoms with Gasteiger partial charge in [0.25, 0.3) is 0 Å². The van der Waals surface area contributed by atoms with Crippen LogP contribution in [0.15, 0.2) is 36.5 Å². The molecular formula is C15H13N5. The molecule has 20 heavy (non-hydrogen) atoms. The average Bonchev–Trinajstić information content (AvgIpc) is 2.77. The zero-order chi connectivity index (χ0) is 14.1. The molecule has 3 aromatic rings. The van der Waals surface area contributed by atoms with E-state index in [1.807, 2.05) is 29.7 Å². The minimum absolute atomic E-state index is 0.431. The number of nitrogens with zero attached hydrogens (tertiary/aromatic N) is 4. The maximum Gasteiger partial charge on any atom is 0.201 e. The van der Waals surface area contributed by atoms with E-state index in [0.29, 0.717) is 18.1 Å². The first-order valence-corrected chi connectivity index (χ1v) is 6.25. The number of nitrogens with two attached hydrogens (primary N) is 1. The van der Waals surface area contributed by atoms with Crippen molar-refractivity contribution in [1.82, 2.24) is 14.5 Å². The van der Waals surface area contributed by atoms with E-state index >= 15 is 0 Å². The van der Waals surface area contributed by atoms with Gasteiger partial charge in [0, 0.05) is 6.20 Å². The highest BCUT2D eigenvalue weighted by Crippen LogP contribution is 2.21. The number of hydrogen-bond donors (Lipinski definition) is 1. The largest absolute Gasteiger partial charge is 0.369 e. The maximum absolute atomic E-state index is 9.01. The molecule has 0 radical (unpaired) electrons. The lowest BCUT2D eigenvalue weighted by Gasteiger charge is -2.08. The van der Waals surface area contributed by atoms with Gasteiger partial charge in [0.05, 0.1) is 34.9 Å². The number of nitrogen functional groups attached to an aromatic ring is 1. The average molecular weight is 263 g/mol. The van der Waals surface area contributed by atoms with E-state index in [2.05, 4.69) is 16.0 Å². The molecule has 0 unspecified atom stereocenters. The minimum atomic E-state index is 0.431. The van der Waals surface area contributed by atoms with Crippen molar-refractivity contribution >= 4 is 17.0 Å². The molecule has 5 nitrogen and oxygen atoms in total. The molecule has 0 fully saturated rings. The molecule has 0 amide bonds. The van der Waals surface area contributed by atoms with Crippen molar-refractivity contribution in [2.45, 2.75) is 13.5 Å². The van der Waals surface area contributed by atoms with Gasteiger partial charge in [-0.3, -0.25) is 4.98 Å². The summed E-state index contributed by atoms with van der Waals surface area (Å²) in [4.78, 5) is 8.69. The minimum Gasteiger partial charge on any atom is -0.369 e. The van der Waals surface area contributed by atoms with Crippen molar-refractivity contribution in [2.24, 2.45) is 0 Å². The summed E-state index contributed by atoms with van der Waals surface area (Å²) in [7, 11) is 0. The van der Waals surface area contributed by atoms with Crippen molar-refractivity contribution in [3.63, 3.8) is 0 Å². The molecule has 0 bridgehead atoms. The Morgan fingerprint density at radius 3 is 2.95 bits per heavy atom. The van der Waals surface area contributed by atoms with Gasteiger partial charge in [0.1, 0.15) is 0 Å². The molecular weight excluding hydrogens is 250 g/mol. The summed E-state index contributed by atoms with van der Waals surface area (Å²) in [6.45, 7) is 2.56. The highest BCUT2D eigenvalue weighted by Gasteiger charge is 2.10. The second-order valence-electron chi connectivity index (χ2n) is 4.64. The number of aromatic nitrogens is 3. The van der Waals surface area contributed by atoms with Gasteiger partial charge in [-0.05, 0) is 36.8 Å². The molecule has 0 aliphatic carbocycles. The highest BCUT2D eigenvalue weighted by atomic mass is 15.2. The number of benzene rings is 1. The van der Waals surface area contributed by atoms with Crippen molar-refractivity contribution in [3.05, 3.63) is 53.3 Å². The van der Waals surface area contributed by atoms with Gasteiger partial charge < -0.3 is 10.3 Å². The summed E-state index contributed by atoms with van der Waals surface area (Å²) < 4.78 is 1.88. The van der Waals surface area contributed by atoms with E-state index in [0.717, 1.165) is 22.3 Å². The van der Waals surface area contributed by atoms with Crippen LogP contribution < -0.4 is 5.73 Å². The predicted molar refractivity (Wildman–Crippen MR) is 76.9 cm³/mol. The fourth-order valence-corrected chi connectivity index (χ4v) is 2.21. The topological polar surface area (TPSA) is 80.5 Å². The number of hydrogen-bond acceptors (Lipinski definition) is 4. The monoisotopic (exact) mass is 263 g/mol. The zero-order valence-electron chi connectivity index (χ0n) is 11.0. The van der Waals surface area contributed by atoms with Gasteiger partial charge in [-0.15, -0.1) is 0 Å². The lowest BCUT2D eigenvalue weighted by Crippen LogP contribution is -2.07. The van der Waals surface area contributed by atoms with E-state index in [-0.39, 0.29) is 0 Å². The molecule has 2 N–H and O–H groups in total. The molecule has 2 aromatic heterocycles. The Morgan fingerprint density at radius 1 is 1.35 bits per heavy atom. The number of nitriles is 1.